The molecule has 0 bridgehead atoms. The summed E-state index contributed by atoms with van der Waals surface area (Å²) in [4.78, 5) is 12.5. The molecule has 0 heterocycles. The summed E-state index contributed by atoms with van der Waals surface area (Å²) in [5.41, 5.74) is 1.58. The van der Waals surface area contributed by atoms with Crippen molar-refractivity contribution in [2.24, 2.45) is 0 Å². The molecule has 1 unspecified atom stereocenters. The van der Waals surface area contributed by atoms with Crippen LogP contribution in [0.15, 0.2) is 18.2 Å². The van der Waals surface area contributed by atoms with Crippen molar-refractivity contribution in [2.75, 3.05) is 14.2 Å². The number of aryl methyl sites for hydroxylation is 1. The Labute approximate surface area is 119 Å². The zero-order valence-electron chi connectivity index (χ0n) is 12.1. The minimum absolute atomic E-state index is 0.171. The van der Waals surface area contributed by atoms with Crippen LogP contribution in [-0.4, -0.2) is 26.2 Å². The molecule has 0 radical (unpaired) electrons. The number of carbonyl (C=O) groups excluding carboxylic acids is 1. The lowest BCUT2D eigenvalue weighted by Crippen LogP contribution is -2.52. The molecule has 0 aliphatic heterocycles. The van der Waals surface area contributed by atoms with Crippen molar-refractivity contribution in [2.45, 2.75) is 43.7 Å². The average molecular weight is 275 g/mol. The number of hydrogen-bond donors (Lipinski definition) is 1. The number of esters is 1. The van der Waals surface area contributed by atoms with Crippen molar-refractivity contribution in [3.63, 3.8) is 0 Å². The molecule has 0 spiro atoms. The lowest BCUT2D eigenvalue weighted by molar-refractivity contribution is -0.150. The Morgan fingerprint density at radius 2 is 2.15 bits per heavy atom. The number of benzene rings is 1. The molecule has 108 valence electrons. The Morgan fingerprint density at radius 1 is 1.35 bits per heavy atom. The zero-order chi connectivity index (χ0) is 14.2. The van der Waals surface area contributed by atoms with Crippen LogP contribution in [0.2, 0.25) is 0 Å². The highest BCUT2D eigenvalue weighted by Gasteiger charge is 2.47. The van der Waals surface area contributed by atoms with Gasteiger partial charge >= 0.3 is 5.97 Å². The third-order valence-electron chi connectivity index (χ3n) is 4.33. The van der Waals surface area contributed by atoms with Crippen LogP contribution in [0.1, 0.15) is 36.8 Å². The molecule has 0 saturated heterocycles. The van der Waals surface area contributed by atoms with Gasteiger partial charge in [0.25, 0.3) is 0 Å². The van der Waals surface area contributed by atoms with Gasteiger partial charge in [0.15, 0.2) is 0 Å². The van der Waals surface area contributed by atoms with Gasteiger partial charge in [-0.3, -0.25) is 5.32 Å². The number of methoxy groups -OCH3 is 2. The molecule has 2 aliphatic carbocycles. The first-order chi connectivity index (χ1) is 9.69. The summed E-state index contributed by atoms with van der Waals surface area (Å²) in [6.07, 6.45) is 5.05. The molecular formula is C16H21NO3. The minimum Gasteiger partial charge on any atom is -0.497 e. The van der Waals surface area contributed by atoms with E-state index in [4.69, 9.17) is 9.47 Å². The Bertz CT molecular complexity index is 524. The average Bonchev–Trinajstić information content (AvgIpc) is 3.29. The Morgan fingerprint density at radius 3 is 2.80 bits per heavy atom. The van der Waals surface area contributed by atoms with Crippen molar-refractivity contribution < 1.29 is 14.3 Å². The summed E-state index contributed by atoms with van der Waals surface area (Å²) in [6.45, 7) is 0. The fraction of sp³-hybridized carbons (Fsp3) is 0.562. The number of rotatable bonds is 4. The van der Waals surface area contributed by atoms with E-state index in [1.807, 2.05) is 18.2 Å². The number of fused-ring (bicyclic) bond motifs is 1. The van der Waals surface area contributed by atoms with Crippen LogP contribution in [0.25, 0.3) is 0 Å². The largest absolute Gasteiger partial charge is 0.497 e. The molecule has 3 rings (SSSR count). The molecule has 20 heavy (non-hydrogen) atoms. The van der Waals surface area contributed by atoms with Crippen LogP contribution in [0.3, 0.4) is 0 Å². The number of ether oxygens (including phenoxy) is 2. The molecule has 2 aliphatic rings. The van der Waals surface area contributed by atoms with Crippen LogP contribution in [0, 0.1) is 0 Å². The summed E-state index contributed by atoms with van der Waals surface area (Å²) in [7, 11) is 3.14. The van der Waals surface area contributed by atoms with Gasteiger partial charge in [-0.1, -0.05) is 6.07 Å². The Kier molecular flexibility index (Phi) is 3.42. The van der Waals surface area contributed by atoms with Gasteiger partial charge in [0, 0.05) is 6.04 Å². The maximum Gasteiger partial charge on any atom is 0.330 e. The van der Waals surface area contributed by atoms with E-state index in [2.05, 4.69) is 5.32 Å². The second kappa shape index (κ2) is 5.09. The topological polar surface area (TPSA) is 47.6 Å². The lowest BCUT2D eigenvalue weighted by atomic mass is 9.76. The Hall–Kier alpha value is -1.55. The standard InChI is InChI=1S/C16H21NO3/c1-19-13-7-8-14-11(10-13)4-3-9-16(14,15(18)20-2)17-12-5-6-12/h7-8,10,12,17H,3-6,9H2,1-2H3. The maximum atomic E-state index is 12.5. The summed E-state index contributed by atoms with van der Waals surface area (Å²) >= 11 is 0. The van der Waals surface area contributed by atoms with E-state index >= 15 is 0 Å². The van der Waals surface area contributed by atoms with Gasteiger partial charge in [-0.05, 0) is 55.4 Å². The van der Waals surface area contributed by atoms with Crippen LogP contribution in [-0.2, 0) is 21.5 Å². The number of hydrogen-bond acceptors (Lipinski definition) is 4. The maximum absolute atomic E-state index is 12.5. The fourth-order valence-electron chi connectivity index (χ4n) is 3.17. The number of nitrogens with one attached hydrogen (secondary N) is 1. The fourth-order valence-corrected chi connectivity index (χ4v) is 3.17. The van der Waals surface area contributed by atoms with Crippen molar-refractivity contribution in [3.8, 4) is 5.75 Å². The van der Waals surface area contributed by atoms with Gasteiger partial charge in [-0.15, -0.1) is 0 Å². The Balaban J connectivity index is 2.05. The molecular weight excluding hydrogens is 254 g/mol. The summed E-state index contributed by atoms with van der Waals surface area (Å²) in [5, 5.41) is 3.54. The zero-order valence-corrected chi connectivity index (χ0v) is 12.1. The second-order valence-corrected chi connectivity index (χ2v) is 5.69. The molecule has 1 N–H and O–H groups in total. The van der Waals surface area contributed by atoms with Gasteiger partial charge in [-0.25, -0.2) is 4.79 Å². The predicted molar refractivity (Wildman–Crippen MR) is 75.8 cm³/mol. The monoisotopic (exact) mass is 275 g/mol. The van der Waals surface area contributed by atoms with Gasteiger partial charge in [0.05, 0.1) is 14.2 Å². The van der Waals surface area contributed by atoms with Crippen LogP contribution in [0.5, 0.6) is 5.75 Å². The van der Waals surface area contributed by atoms with Gasteiger partial charge in [0.2, 0.25) is 0 Å². The predicted octanol–water partition coefficient (Wildman–Crippen LogP) is 2.15. The molecule has 1 aromatic rings. The molecule has 0 aromatic heterocycles. The minimum atomic E-state index is -0.671. The van der Waals surface area contributed by atoms with Gasteiger partial charge in [0.1, 0.15) is 11.3 Å². The van der Waals surface area contributed by atoms with Crippen LogP contribution >= 0.6 is 0 Å². The third kappa shape index (κ3) is 2.18. The van der Waals surface area contributed by atoms with E-state index in [1.165, 1.54) is 12.7 Å². The SMILES string of the molecule is COC(=O)C1(NC2CC2)CCCc2cc(OC)ccc21. The van der Waals surface area contributed by atoms with E-state index in [0.717, 1.165) is 43.4 Å². The van der Waals surface area contributed by atoms with E-state index in [9.17, 15) is 4.79 Å². The first kappa shape index (κ1) is 13.4. The van der Waals surface area contributed by atoms with Gasteiger partial charge in [-0.2, -0.15) is 0 Å². The smallest absolute Gasteiger partial charge is 0.330 e. The van der Waals surface area contributed by atoms with Gasteiger partial charge < -0.3 is 9.47 Å². The van der Waals surface area contributed by atoms with Crippen LogP contribution in [0.4, 0.5) is 0 Å². The highest BCUT2D eigenvalue weighted by molar-refractivity contribution is 5.83. The van der Waals surface area contributed by atoms with Crippen LogP contribution < -0.4 is 10.1 Å². The molecule has 0 amide bonds. The summed E-state index contributed by atoms with van der Waals surface area (Å²) in [5.74, 6) is 0.673. The molecule has 1 atom stereocenters. The third-order valence-corrected chi connectivity index (χ3v) is 4.33. The molecule has 1 aromatic carbocycles. The summed E-state index contributed by atoms with van der Waals surface area (Å²) in [6, 6.07) is 6.43. The second-order valence-electron chi connectivity index (χ2n) is 5.69. The van der Waals surface area contributed by atoms with E-state index in [0.29, 0.717) is 6.04 Å². The first-order valence-electron chi connectivity index (χ1n) is 7.23. The highest BCUT2D eigenvalue weighted by atomic mass is 16.5. The normalized spacial score (nSPS) is 24.9. The van der Waals surface area contributed by atoms with E-state index < -0.39 is 5.54 Å². The quantitative estimate of drug-likeness (QED) is 0.855. The van der Waals surface area contributed by atoms with Crippen molar-refractivity contribution in [1.82, 2.24) is 5.32 Å². The van der Waals surface area contributed by atoms with Crippen molar-refractivity contribution >= 4 is 5.97 Å². The molecule has 4 heteroatoms. The van der Waals surface area contributed by atoms with Crippen molar-refractivity contribution in [3.05, 3.63) is 29.3 Å². The summed E-state index contributed by atoms with van der Waals surface area (Å²) < 4.78 is 10.4. The molecule has 4 nitrogen and oxygen atoms in total. The highest BCUT2D eigenvalue weighted by Crippen LogP contribution is 2.40. The lowest BCUT2D eigenvalue weighted by Gasteiger charge is -2.37. The van der Waals surface area contributed by atoms with E-state index in [-0.39, 0.29) is 5.97 Å². The van der Waals surface area contributed by atoms with E-state index in [1.54, 1.807) is 7.11 Å². The first-order valence-corrected chi connectivity index (χ1v) is 7.23. The molecule has 1 fully saturated rings. The molecule has 1 saturated carbocycles. The number of carbonyl (C=O) groups is 1. The van der Waals surface area contributed by atoms with Crippen molar-refractivity contribution in [1.29, 1.82) is 0 Å².